The molecule has 7 nitrogen and oxygen atoms in total. The molecule has 0 bridgehead atoms. The van der Waals surface area contributed by atoms with Gasteiger partial charge in [0.25, 0.3) is 0 Å². The van der Waals surface area contributed by atoms with Crippen molar-refractivity contribution in [2.24, 2.45) is 0 Å². The number of benzene rings is 1. The molecule has 0 aliphatic heterocycles. The van der Waals surface area contributed by atoms with E-state index in [-0.39, 0.29) is 6.03 Å². The fraction of sp³-hybridized carbons (Fsp3) is 0.611. The SMILES string of the molecule is CCOc1ccc(CCNC(=O)N(CCOC)CCOC)cc1OC. The van der Waals surface area contributed by atoms with Crippen molar-refractivity contribution in [2.75, 3.05) is 60.8 Å². The van der Waals surface area contributed by atoms with Crippen LogP contribution < -0.4 is 14.8 Å². The van der Waals surface area contributed by atoms with E-state index in [4.69, 9.17) is 18.9 Å². The number of nitrogens with zero attached hydrogens (tertiary/aromatic N) is 1. The number of hydrogen-bond acceptors (Lipinski definition) is 5. The van der Waals surface area contributed by atoms with Crippen molar-refractivity contribution >= 4 is 6.03 Å². The van der Waals surface area contributed by atoms with Crippen LogP contribution in [0, 0.1) is 0 Å². The van der Waals surface area contributed by atoms with E-state index in [1.807, 2.05) is 25.1 Å². The average Bonchev–Trinajstić information content (AvgIpc) is 2.63. The molecule has 0 spiro atoms. The van der Waals surface area contributed by atoms with Gasteiger partial charge in [-0.15, -0.1) is 0 Å². The normalized spacial score (nSPS) is 10.4. The van der Waals surface area contributed by atoms with Crippen LogP contribution in [0.3, 0.4) is 0 Å². The summed E-state index contributed by atoms with van der Waals surface area (Å²) in [5.74, 6) is 1.43. The zero-order chi connectivity index (χ0) is 18.5. The average molecular weight is 354 g/mol. The van der Waals surface area contributed by atoms with Gasteiger partial charge < -0.3 is 29.2 Å². The molecule has 0 aliphatic rings. The van der Waals surface area contributed by atoms with E-state index < -0.39 is 0 Å². The predicted octanol–water partition coefficient (Wildman–Crippen LogP) is 1.94. The van der Waals surface area contributed by atoms with E-state index in [0.29, 0.717) is 51.6 Å². The maximum Gasteiger partial charge on any atom is 0.317 e. The molecule has 25 heavy (non-hydrogen) atoms. The number of amides is 2. The largest absolute Gasteiger partial charge is 0.493 e. The van der Waals surface area contributed by atoms with E-state index in [1.165, 1.54) is 0 Å². The second-order valence-electron chi connectivity index (χ2n) is 5.37. The van der Waals surface area contributed by atoms with E-state index in [1.54, 1.807) is 26.2 Å². The van der Waals surface area contributed by atoms with Gasteiger partial charge in [0.2, 0.25) is 0 Å². The Morgan fingerprint density at radius 2 is 1.76 bits per heavy atom. The molecule has 1 aromatic carbocycles. The molecule has 1 aromatic rings. The minimum absolute atomic E-state index is 0.119. The third kappa shape index (κ3) is 7.62. The number of hydrogen-bond donors (Lipinski definition) is 1. The van der Waals surface area contributed by atoms with Gasteiger partial charge in [-0.3, -0.25) is 0 Å². The van der Waals surface area contributed by atoms with Crippen molar-refractivity contribution in [2.45, 2.75) is 13.3 Å². The molecule has 1 rings (SSSR count). The molecule has 0 saturated carbocycles. The standard InChI is InChI=1S/C18H30N2O5/c1-5-25-16-7-6-15(14-17(16)24-4)8-9-19-18(21)20(10-12-22-2)11-13-23-3/h6-7,14H,5,8-13H2,1-4H3,(H,19,21). The van der Waals surface area contributed by atoms with Crippen molar-refractivity contribution in [3.8, 4) is 11.5 Å². The van der Waals surface area contributed by atoms with Gasteiger partial charge in [-0.05, 0) is 31.0 Å². The van der Waals surface area contributed by atoms with Crippen LogP contribution in [0.5, 0.6) is 11.5 Å². The number of ether oxygens (including phenoxy) is 4. The van der Waals surface area contributed by atoms with Gasteiger partial charge in [0.15, 0.2) is 11.5 Å². The van der Waals surface area contributed by atoms with Crippen LogP contribution in [0.1, 0.15) is 12.5 Å². The number of rotatable bonds is 12. The summed E-state index contributed by atoms with van der Waals surface area (Å²) in [5, 5.41) is 2.93. The molecule has 0 aromatic heterocycles. The Morgan fingerprint density at radius 1 is 1.08 bits per heavy atom. The van der Waals surface area contributed by atoms with Crippen LogP contribution in [-0.4, -0.2) is 71.7 Å². The Bertz CT molecular complexity index is 502. The van der Waals surface area contributed by atoms with Crippen LogP contribution >= 0.6 is 0 Å². The highest BCUT2D eigenvalue weighted by molar-refractivity contribution is 5.74. The molecular weight excluding hydrogens is 324 g/mol. The highest BCUT2D eigenvalue weighted by Gasteiger charge is 2.12. The maximum absolute atomic E-state index is 12.3. The monoisotopic (exact) mass is 354 g/mol. The molecular formula is C18H30N2O5. The minimum Gasteiger partial charge on any atom is -0.493 e. The quantitative estimate of drug-likeness (QED) is 0.621. The smallest absolute Gasteiger partial charge is 0.317 e. The van der Waals surface area contributed by atoms with Crippen LogP contribution in [0.25, 0.3) is 0 Å². The molecule has 0 aliphatic carbocycles. The Kier molecular flexibility index (Phi) is 10.4. The van der Waals surface area contributed by atoms with Gasteiger partial charge >= 0.3 is 6.03 Å². The molecule has 1 N–H and O–H groups in total. The summed E-state index contributed by atoms with van der Waals surface area (Å²) in [6.07, 6.45) is 0.705. The molecule has 0 radical (unpaired) electrons. The van der Waals surface area contributed by atoms with Crippen LogP contribution in [0.4, 0.5) is 4.79 Å². The van der Waals surface area contributed by atoms with Crippen molar-refractivity contribution in [3.63, 3.8) is 0 Å². The van der Waals surface area contributed by atoms with Crippen LogP contribution in [-0.2, 0) is 15.9 Å². The number of carbonyl (C=O) groups is 1. The molecule has 0 atom stereocenters. The molecule has 142 valence electrons. The van der Waals surface area contributed by atoms with Crippen LogP contribution in [0.15, 0.2) is 18.2 Å². The highest BCUT2D eigenvalue weighted by atomic mass is 16.5. The fourth-order valence-electron chi connectivity index (χ4n) is 2.29. The first kappa shape index (κ1) is 21.1. The van der Waals surface area contributed by atoms with E-state index >= 15 is 0 Å². The van der Waals surface area contributed by atoms with Gasteiger partial charge in [0.1, 0.15) is 0 Å². The zero-order valence-corrected chi connectivity index (χ0v) is 15.7. The molecule has 7 heteroatoms. The third-order valence-corrected chi connectivity index (χ3v) is 3.64. The summed E-state index contributed by atoms with van der Waals surface area (Å²) in [5.41, 5.74) is 1.07. The Morgan fingerprint density at radius 3 is 2.32 bits per heavy atom. The van der Waals surface area contributed by atoms with Gasteiger partial charge in [-0.25, -0.2) is 4.79 Å². The Labute approximate surface area is 150 Å². The predicted molar refractivity (Wildman–Crippen MR) is 96.6 cm³/mol. The summed E-state index contributed by atoms with van der Waals surface area (Å²) in [4.78, 5) is 14.0. The second-order valence-corrected chi connectivity index (χ2v) is 5.37. The van der Waals surface area contributed by atoms with Crippen molar-refractivity contribution < 1.29 is 23.7 Å². The molecule has 0 unspecified atom stereocenters. The topological polar surface area (TPSA) is 69.3 Å². The number of nitrogens with one attached hydrogen (secondary N) is 1. The lowest BCUT2D eigenvalue weighted by atomic mass is 10.1. The number of methoxy groups -OCH3 is 3. The lowest BCUT2D eigenvalue weighted by molar-refractivity contribution is 0.122. The zero-order valence-electron chi connectivity index (χ0n) is 15.7. The third-order valence-electron chi connectivity index (χ3n) is 3.64. The molecule has 0 heterocycles. The first-order valence-electron chi connectivity index (χ1n) is 8.46. The highest BCUT2D eigenvalue weighted by Crippen LogP contribution is 2.28. The minimum atomic E-state index is -0.119. The maximum atomic E-state index is 12.3. The van der Waals surface area contributed by atoms with E-state index in [0.717, 1.165) is 11.3 Å². The summed E-state index contributed by atoms with van der Waals surface area (Å²) < 4.78 is 20.9. The first-order chi connectivity index (χ1) is 12.2. The van der Waals surface area contributed by atoms with E-state index in [2.05, 4.69) is 5.32 Å². The summed E-state index contributed by atoms with van der Waals surface area (Å²) in [6.45, 7) is 5.10. The first-order valence-corrected chi connectivity index (χ1v) is 8.46. The summed E-state index contributed by atoms with van der Waals surface area (Å²) >= 11 is 0. The lowest BCUT2D eigenvalue weighted by Gasteiger charge is -2.22. The Hall–Kier alpha value is -1.99. The van der Waals surface area contributed by atoms with Crippen LogP contribution in [0.2, 0.25) is 0 Å². The van der Waals surface area contributed by atoms with Gasteiger partial charge in [0, 0.05) is 33.9 Å². The lowest BCUT2D eigenvalue weighted by Crippen LogP contribution is -2.43. The number of carbonyl (C=O) groups excluding carboxylic acids is 1. The summed E-state index contributed by atoms with van der Waals surface area (Å²) in [6, 6.07) is 5.69. The van der Waals surface area contributed by atoms with Gasteiger partial charge in [-0.1, -0.05) is 6.07 Å². The van der Waals surface area contributed by atoms with Crippen molar-refractivity contribution in [1.29, 1.82) is 0 Å². The molecule has 2 amide bonds. The van der Waals surface area contributed by atoms with E-state index in [9.17, 15) is 4.79 Å². The van der Waals surface area contributed by atoms with Crippen molar-refractivity contribution in [3.05, 3.63) is 23.8 Å². The van der Waals surface area contributed by atoms with Gasteiger partial charge in [-0.2, -0.15) is 0 Å². The van der Waals surface area contributed by atoms with Crippen molar-refractivity contribution in [1.82, 2.24) is 10.2 Å². The molecule has 0 saturated heterocycles. The fourth-order valence-corrected chi connectivity index (χ4v) is 2.29. The second kappa shape index (κ2) is 12.4. The molecule has 0 fully saturated rings. The Balaban J connectivity index is 2.52. The van der Waals surface area contributed by atoms with Gasteiger partial charge in [0.05, 0.1) is 26.9 Å². The number of urea groups is 1. The summed E-state index contributed by atoms with van der Waals surface area (Å²) in [7, 11) is 4.85.